The molecule has 0 spiro atoms. The zero-order valence-corrected chi connectivity index (χ0v) is 12.7. The van der Waals surface area contributed by atoms with E-state index < -0.39 is 12.0 Å². The Hall–Kier alpha value is -1.88. The van der Waals surface area contributed by atoms with E-state index in [-0.39, 0.29) is 5.91 Å². The fourth-order valence-electron chi connectivity index (χ4n) is 2.69. The number of hydrogen-bond donors (Lipinski definition) is 2. The highest BCUT2D eigenvalue weighted by Crippen LogP contribution is 2.19. The number of aliphatic carboxylic acids is 1. The molecule has 0 aliphatic carbocycles. The number of ether oxygens (including phenoxy) is 1. The van der Waals surface area contributed by atoms with Crippen LogP contribution in [-0.2, 0) is 20.7 Å². The third-order valence-electron chi connectivity index (χ3n) is 4.04. The fourth-order valence-corrected chi connectivity index (χ4v) is 2.69. The van der Waals surface area contributed by atoms with Crippen LogP contribution in [0.2, 0.25) is 0 Å². The average molecular weight is 305 g/mol. The maximum atomic E-state index is 12.0. The number of benzene rings is 1. The van der Waals surface area contributed by atoms with E-state index in [1.165, 1.54) is 0 Å². The van der Waals surface area contributed by atoms with Gasteiger partial charge in [0.25, 0.3) is 0 Å². The number of carboxylic acids is 1. The Bertz CT molecular complexity index is 483. The molecule has 5 heteroatoms. The zero-order valence-electron chi connectivity index (χ0n) is 12.7. The average Bonchev–Trinajstić information content (AvgIpc) is 2.54. The fraction of sp³-hybridized carbons (Fsp3) is 0.529. The minimum atomic E-state index is -0.997. The molecule has 0 bridgehead atoms. The molecule has 5 nitrogen and oxygen atoms in total. The van der Waals surface area contributed by atoms with Crippen molar-refractivity contribution in [2.24, 2.45) is 5.92 Å². The summed E-state index contributed by atoms with van der Waals surface area (Å²) < 4.78 is 5.29. The van der Waals surface area contributed by atoms with E-state index in [9.17, 15) is 14.7 Å². The van der Waals surface area contributed by atoms with Gasteiger partial charge in [-0.05, 0) is 30.7 Å². The highest BCUT2D eigenvalue weighted by Gasteiger charge is 2.21. The van der Waals surface area contributed by atoms with Crippen LogP contribution in [0.15, 0.2) is 30.3 Å². The molecule has 1 amide bonds. The summed E-state index contributed by atoms with van der Waals surface area (Å²) in [4.78, 5) is 23.3. The Morgan fingerprint density at radius 3 is 2.55 bits per heavy atom. The van der Waals surface area contributed by atoms with Crippen LogP contribution in [0.3, 0.4) is 0 Å². The first-order chi connectivity index (χ1) is 10.6. The van der Waals surface area contributed by atoms with Crippen LogP contribution in [0.1, 0.15) is 31.2 Å². The highest BCUT2D eigenvalue weighted by atomic mass is 16.5. The molecule has 2 rings (SSSR count). The second-order valence-electron chi connectivity index (χ2n) is 5.74. The van der Waals surface area contributed by atoms with Crippen molar-refractivity contribution >= 4 is 11.9 Å². The summed E-state index contributed by atoms with van der Waals surface area (Å²) in [6, 6.07) is 8.46. The van der Waals surface area contributed by atoms with E-state index in [2.05, 4.69) is 5.32 Å². The van der Waals surface area contributed by atoms with Gasteiger partial charge in [0.1, 0.15) is 6.04 Å². The minimum Gasteiger partial charge on any atom is -0.480 e. The van der Waals surface area contributed by atoms with Crippen LogP contribution in [0, 0.1) is 5.92 Å². The molecule has 2 N–H and O–H groups in total. The number of carboxylic acid groups (broad SMARTS) is 1. The molecule has 0 aromatic heterocycles. The molecule has 1 fully saturated rings. The van der Waals surface area contributed by atoms with Crippen molar-refractivity contribution in [3.8, 4) is 0 Å². The van der Waals surface area contributed by atoms with Crippen molar-refractivity contribution < 1.29 is 19.4 Å². The van der Waals surface area contributed by atoms with Crippen LogP contribution >= 0.6 is 0 Å². The van der Waals surface area contributed by atoms with E-state index in [1.807, 2.05) is 30.3 Å². The third-order valence-corrected chi connectivity index (χ3v) is 4.04. The number of carbonyl (C=O) groups is 2. The van der Waals surface area contributed by atoms with Gasteiger partial charge >= 0.3 is 5.97 Å². The lowest BCUT2D eigenvalue weighted by Gasteiger charge is -2.22. The number of amides is 1. The Morgan fingerprint density at radius 2 is 1.91 bits per heavy atom. The van der Waals surface area contributed by atoms with Crippen LogP contribution in [-0.4, -0.2) is 36.2 Å². The summed E-state index contributed by atoms with van der Waals surface area (Å²) in [5, 5.41) is 11.9. The first-order valence-corrected chi connectivity index (χ1v) is 7.79. The van der Waals surface area contributed by atoms with Gasteiger partial charge in [-0.15, -0.1) is 0 Å². The number of hydrogen-bond acceptors (Lipinski definition) is 3. The Balaban J connectivity index is 1.79. The maximum absolute atomic E-state index is 12.0. The third kappa shape index (κ3) is 5.48. The summed E-state index contributed by atoms with van der Waals surface area (Å²) in [5.41, 5.74) is 0.902. The SMILES string of the molecule is O=C(CCC1CCOCC1)N[C@H](Cc1ccccc1)C(=O)O. The van der Waals surface area contributed by atoms with Gasteiger partial charge < -0.3 is 15.2 Å². The van der Waals surface area contributed by atoms with E-state index in [1.54, 1.807) is 0 Å². The first kappa shape index (κ1) is 16.5. The zero-order chi connectivity index (χ0) is 15.8. The molecule has 1 aromatic rings. The molecule has 1 aromatic carbocycles. The second kappa shape index (κ2) is 8.54. The van der Waals surface area contributed by atoms with E-state index in [0.29, 0.717) is 18.8 Å². The molecule has 1 aliphatic heterocycles. The molecule has 0 unspecified atom stereocenters. The van der Waals surface area contributed by atoms with Gasteiger partial charge in [-0.1, -0.05) is 30.3 Å². The largest absolute Gasteiger partial charge is 0.480 e. The number of carbonyl (C=O) groups excluding carboxylic acids is 1. The molecule has 1 saturated heterocycles. The summed E-state index contributed by atoms with van der Waals surface area (Å²) >= 11 is 0. The Labute approximate surface area is 130 Å². The topological polar surface area (TPSA) is 75.6 Å². The summed E-state index contributed by atoms with van der Waals surface area (Å²) in [7, 11) is 0. The molecule has 0 radical (unpaired) electrons. The predicted octanol–water partition coefficient (Wildman–Crippen LogP) is 2.01. The van der Waals surface area contributed by atoms with Crippen molar-refractivity contribution in [2.75, 3.05) is 13.2 Å². The van der Waals surface area contributed by atoms with Gasteiger partial charge in [-0.2, -0.15) is 0 Å². The Morgan fingerprint density at radius 1 is 1.23 bits per heavy atom. The summed E-state index contributed by atoms with van der Waals surface area (Å²) in [6.45, 7) is 1.52. The minimum absolute atomic E-state index is 0.185. The van der Waals surface area contributed by atoms with Crippen LogP contribution in [0.4, 0.5) is 0 Å². The van der Waals surface area contributed by atoms with Gasteiger partial charge in [0, 0.05) is 26.1 Å². The lowest BCUT2D eigenvalue weighted by Crippen LogP contribution is -2.42. The summed E-state index contributed by atoms with van der Waals surface area (Å²) in [5.74, 6) is -0.671. The van der Waals surface area contributed by atoms with Crippen molar-refractivity contribution in [3.05, 3.63) is 35.9 Å². The van der Waals surface area contributed by atoms with E-state index in [4.69, 9.17) is 4.74 Å². The molecule has 1 atom stereocenters. The van der Waals surface area contributed by atoms with Crippen molar-refractivity contribution in [2.45, 2.75) is 38.1 Å². The van der Waals surface area contributed by atoms with Crippen molar-refractivity contribution in [1.29, 1.82) is 0 Å². The molecular weight excluding hydrogens is 282 g/mol. The first-order valence-electron chi connectivity index (χ1n) is 7.79. The quantitative estimate of drug-likeness (QED) is 0.808. The lowest BCUT2D eigenvalue weighted by atomic mass is 9.94. The van der Waals surface area contributed by atoms with E-state index >= 15 is 0 Å². The molecule has 0 saturated carbocycles. The molecule has 120 valence electrons. The maximum Gasteiger partial charge on any atom is 0.326 e. The predicted molar refractivity (Wildman–Crippen MR) is 82.5 cm³/mol. The molecule has 1 aliphatic rings. The molecular formula is C17H23NO4. The lowest BCUT2D eigenvalue weighted by molar-refractivity contribution is -0.141. The molecule has 1 heterocycles. The second-order valence-corrected chi connectivity index (χ2v) is 5.74. The van der Waals surface area contributed by atoms with Gasteiger partial charge in [0.05, 0.1) is 0 Å². The van der Waals surface area contributed by atoms with Crippen molar-refractivity contribution in [3.63, 3.8) is 0 Å². The molecule has 22 heavy (non-hydrogen) atoms. The van der Waals surface area contributed by atoms with Gasteiger partial charge in [-0.25, -0.2) is 4.79 Å². The Kier molecular flexibility index (Phi) is 6.40. The van der Waals surface area contributed by atoms with Crippen LogP contribution in [0.25, 0.3) is 0 Å². The number of nitrogens with one attached hydrogen (secondary N) is 1. The van der Waals surface area contributed by atoms with E-state index in [0.717, 1.165) is 38.0 Å². The van der Waals surface area contributed by atoms with Gasteiger partial charge in [-0.3, -0.25) is 4.79 Å². The van der Waals surface area contributed by atoms with Gasteiger partial charge in [0.2, 0.25) is 5.91 Å². The van der Waals surface area contributed by atoms with Crippen molar-refractivity contribution in [1.82, 2.24) is 5.32 Å². The van der Waals surface area contributed by atoms with Crippen LogP contribution < -0.4 is 5.32 Å². The monoisotopic (exact) mass is 305 g/mol. The normalized spacial score (nSPS) is 16.9. The van der Waals surface area contributed by atoms with Gasteiger partial charge in [0.15, 0.2) is 0 Å². The highest BCUT2D eigenvalue weighted by molar-refractivity contribution is 5.83. The number of rotatable bonds is 7. The standard InChI is InChI=1S/C17H23NO4/c19-16(7-6-13-8-10-22-11-9-13)18-15(17(20)21)12-14-4-2-1-3-5-14/h1-5,13,15H,6-12H2,(H,18,19)(H,20,21)/t15-/m1/s1. The smallest absolute Gasteiger partial charge is 0.326 e. The summed E-state index contributed by atoms with van der Waals surface area (Å²) in [6.07, 6.45) is 3.45. The van der Waals surface area contributed by atoms with Crippen LogP contribution in [0.5, 0.6) is 0 Å².